The lowest BCUT2D eigenvalue weighted by atomic mass is 9.88. The van der Waals surface area contributed by atoms with Gasteiger partial charge in [0.2, 0.25) is 5.91 Å². The summed E-state index contributed by atoms with van der Waals surface area (Å²) in [6.07, 6.45) is 2.72. The van der Waals surface area contributed by atoms with E-state index in [1.165, 1.54) is 34.4 Å². The van der Waals surface area contributed by atoms with Crippen LogP contribution in [0.15, 0.2) is 23.2 Å². The van der Waals surface area contributed by atoms with Gasteiger partial charge in [0.15, 0.2) is 4.80 Å². The van der Waals surface area contributed by atoms with Crippen LogP contribution in [0.2, 0.25) is 0 Å². The van der Waals surface area contributed by atoms with Crippen molar-refractivity contribution in [1.82, 2.24) is 4.57 Å². The second-order valence-electron chi connectivity index (χ2n) is 9.01. The molecule has 8 nitrogen and oxygen atoms in total. The Balaban J connectivity index is 1.40. The number of rotatable bonds is 10. The van der Waals surface area contributed by atoms with Crippen LogP contribution in [-0.4, -0.2) is 47.1 Å². The maximum absolute atomic E-state index is 12.7. The summed E-state index contributed by atoms with van der Waals surface area (Å²) in [6.45, 7) is 9.47. The van der Waals surface area contributed by atoms with E-state index in [2.05, 4.69) is 17.2 Å². The quantitative estimate of drug-likeness (QED) is 0.330. The molecule has 1 N–H and O–H groups in total. The van der Waals surface area contributed by atoms with Crippen molar-refractivity contribution >= 4 is 67.4 Å². The maximum atomic E-state index is 12.7. The predicted octanol–water partition coefficient (Wildman–Crippen LogP) is 5.28. The standard InChI is InChI=1S/C27H33N3O5S3/c1-5-30-19-11-9-17(34-6-2)13-21(19)38-27(30)29-23(32)15-36-14-22(31)28-25-24(26(33)35-7-3)18-10-8-16(4)12-20(18)37-25/h9,11,13,16H,5-8,10,12,14-15H2,1-4H3,(H,28,31). The summed E-state index contributed by atoms with van der Waals surface area (Å²) in [6, 6.07) is 5.87. The summed E-state index contributed by atoms with van der Waals surface area (Å²) in [4.78, 5) is 44.1. The average molecular weight is 576 g/mol. The Bertz CT molecular complexity index is 1400. The molecule has 1 atom stereocenters. The van der Waals surface area contributed by atoms with E-state index in [0.717, 1.165) is 45.7 Å². The number of thiophene rings is 1. The van der Waals surface area contributed by atoms with Crippen molar-refractivity contribution in [3.8, 4) is 5.75 Å². The minimum Gasteiger partial charge on any atom is -0.494 e. The number of hydrogen-bond acceptors (Lipinski definition) is 8. The van der Waals surface area contributed by atoms with Crippen molar-refractivity contribution < 1.29 is 23.9 Å². The number of fused-ring (bicyclic) bond motifs is 2. The van der Waals surface area contributed by atoms with Gasteiger partial charge in [0.25, 0.3) is 5.91 Å². The first-order chi connectivity index (χ1) is 18.3. The molecule has 0 bridgehead atoms. The van der Waals surface area contributed by atoms with Crippen LogP contribution in [0.5, 0.6) is 5.75 Å². The third-order valence-electron chi connectivity index (χ3n) is 6.20. The minimum absolute atomic E-state index is 0.0821. The summed E-state index contributed by atoms with van der Waals surface area (Å²) in [7, 11) is 0. The maximum Gasteiger partial charge on any atom is 0.341 e. The van der Waals surface area contributed by atoms with E-state index in [0.29, 0.717) is 34.4 Å². The average Bonchev–Trinajstić information content (AvgIpc) is 3.40. The molecule has 0 fully saturated rings. The van der Waals surface area contributed by atoms with E-state index < -0.39 is 5.97 Å². The summed E-state index contributed by atoms with van der Waals surface area (Å²) in [5.41, 5.74) is 2.50. The van der Waals surface area contributed by atoms with Crippen molar-refractivity contribution in [3.05, 3.63) is 39.0 Å². The van der Waals surface area contributed by atoms with Crippen LogP contribution in [0.1, 0.15) is 54.9 Å². The van der Waals surface area contributed by atoms with Gasteiger partial charge < -0.3 is 19.4 Å². The van der Waals surface area contributed by atoms with Crippen molar-refractivity contribution in [1.29, 1.82) is 0 Å². The van der Waals surface area contributed by atoms with E-state index in [4.69, 9.17) is 9.47 Å². The molecule has 0 saturated carbocycles. The highest BCUT2D eigenvalue weighted by molar-refractivity contribution is 8.00. The first-order valence-electron chi connectivity index (χ1n) is 12.9. The number of thioether (sulfide) groups is 1. The molecule has 204 valence electrons. The number of ether oxygens (including phenoxy) is 2. The molecule has 1 aliphatic rings. The third kappa shape index (κ3) is 6.50. The van der Waals surface area contributed by atoms with Gasteiger partial charge in [-0.05, 0) is 69.7 Å². The molecule has 2 aromatic heterocycles. The van der Waals surface area contributed by atoms with E-state index in [1.54, 1.807) is 6.92 Å². The Morgan fingerprint density at radius 3 is 2.71 bits per heavy atom. The highest BCUT2D eigenvalue weighted by Crippen LogP contribution is 2.40. The third-order valence-corrected chi connectivity index (χ3v) is 9.33. The Morgan fingerprint density at radius 1 is 1.16 bits per heavy atom. The zero-order chi connectivity index (χ0) is 27.2. The number of carbonyl (C=O) groups excluding carboxylic acids is 3. The molecule has 11 heteroatoms. The fourth-order valence-electron chi connectivity index (χ4n) is 4.49. The van der Waals surface area contributed by atoms with Gasteiger partial charge in [0.1, 0.15) is 10.8 Å². The molecule has 1 aliphatic carbocycles. The molecule has 0 radical (unpaired) electrons. The fourth-order valence-corrected chi connectivity index (χ4v) is 7.65. The molecule has 2 heterocycles. The zero-order valence-electron chi connectivity index (χ0n) is 22.1. The van der Waals surface area contributed by atoms with E-state index >= 15 is 0 Å². The topological polar surface area (TPSA) is 99.0 Å². The molecule has 2 amide bonds. The van der Waals surface area contributed by atoms with E-state index in [1.807, 2.05) is 36.6 Å². The Hall–Kier alpha value is -2.63. The molecule has 1 unspecified atom stereocenters. The molecular formula is C27H33N3O5S3. The fraction of sp³-hybridized carbons (Fsp3) is 0.481. The van der Waals surface area contributed by atoms with Gasteiger partial charge >= 0.3 is 5.97 Å². The Morgan fingerprint density at radius 2 is 1.97 bits per heavy atom. The smallest absolute Gasteiger partial charge is 0.341 e. The van der Waals surface area contributed by atoms with Gasteiger partial charge in [0, 0.05) is 11.4 Å². The number of aromatic nitrogens is 1. The monoisotopic (exact) mass is 575 g/mol. The molecule has 0 aliphatic heterocycles. The largest absolute Gasteiger partial charge is 0.494 e. The summed E-state index contributed by atoms with van der Waals surface area (Å²) in [5, 5.41) is 3.45. The first kappa shape index (κ1) is 28.4. The number of thiazole rings is 1. The van der Waals surface area contributed by atoms with Crippen molar-refractivity contribution in [2.75, 3.05) is 30.0 Å². The predicted molar refractivity (Wildman–Crippen MR) is 155 cm³/mol. The van der Waals surface area contributed by atoms with Crippen molar-refractivity contribution in [2.45, 2.75) is 53.5 Å². The lowest BCUT2D eigenvalue weighted by Gasteiger charge is -2.18. The number of anilines is 1. The lowest BCUT2D eigenvalue weighted by Crippen LogP contribution is -2.19. The molecule has 0 saturated heterocycles. The molecule has 1 aromatic carbocycles. The second-order valence-corrected chi connectivity index (χ2v) is 12.1. The van der Waals surface area contributed by atoms with Crippen LogP contribution >= 0.6 is 34.4 Å². The van der Waals surface area contributed by atoms with Gasteiger partial charge in [-0.2, -0.15) is 4.99 Å². The Kier molecular flexibility index (Phi) is 9.67. The highest BCUT2D eigenvalue weighted by Gasteiger charge is 2.29. The van der Waals surface area contributed by atoms with Crippen LogP contribution in [0.3, 0.4) is 0 Å². The SMILES string of the molecule is CCOC(=O)c1c(NC(=O)CSCC(=O)N=c2sc3cc(OCC)ccc3n2CC)sc2c1CCC(C)C2. The first-order valence-corrected chi connectivity index (χ1v) is 15.7. The van der Waals surface area contributed by atoms with Gasteiger partial charge in [0.05, 0.1) is 40.5 Å². The number of benzene rings is 1. The summed E-state index contributed by atoms with van der Waals surface area (Å²) >= 11 is 4.11. The van der Waals surface area contributed by atoms with Gasteiger partial charge in [-0.1, -0.05) is 18.3 Å². The zero-order valence-corrected chi connectivity index (χ0v) is 24.6. The van der Waals surface area contributed by atoms with Crippen LogP contribution in [0.25, 0.3) is 10.2 Å². The minimum atomic E-state index is -0.391. The molecule has 4 rings (SSSR count). The molecular weight excluding hydrogens is 543 g/mol. The number of aryl methyl sites for hydroxylation is 1. The summed E-state index contributed by atoms with van der Waals surface area (Å²) in [5.74, 6) is 0.556. The van der Waals surface area contributed by atoms with Crippen molar-refractivity contribution in [2.24, 2.45) is 10.9 Å². The number of carbonyl (C=O) groups is 3. The highest BCUT2D eigenvalue weighted by atomic mass is 32.2. The molecule has 3 aromatic rings. The lowest BCUT2D eigenvalue weighted by molar-refractivity contribution is -0.115. The van der Waals surface area contributed by atoms with Crippen LogP contribution in [0, 0.1) is 5.92 Å². The Labute approximate surface area is 234 Å². The number of amides is 2. The van der Waals surface area contributed by atoms with Crippen LogP contribution in [-0.2, 0) is 33.7 Å². The van der Waals surface area contributed by atoms with Gasteiger partial charge in [-0.25, -0.2) is 4.79 Å². The van der Waals surface area contributed by atoms with Crippen LogP contribution < -0.4 is 14.9 Å². The van der Waals surface area contributed by atoms with E-state index in [9.17, 15) is 14.4 Å². The molecule has 0 spiro atoms. The molecule has 38 heavy (non-hydrogen) atoms. The number of esters is 1. The normalized spacial score (nSPS) is 15.4. The van der Waals surface area contributed by atoms with Gasteiger partial charge in [-0.3, -0.25) is 9.59 Å². The van der Waals surface area contributed by atoms with E-state index in [-0.39, 0.29) is 29.9 Å². The van der Waals surface area contributed by atoms with Crippen LogP contribution in [0.4, 0.5) is 5.00 Å². The number of hydrogen-bond donors (Lipinski definition) is 1. The number of nitrogens with one attached hydrogen (secondary N) is 1. The summed E-state index contributed by atoms with van der Waals surface area (Å²) < 4.78 is 13.9. The van der Waals surface area contributed by atoms with Gasteiger partial charge in [-0.15, -0.1) is 23.1 Å². The number of nitrogens with zero attached hydrogens (tertiary/aromatic N) is 2. The van der Waals surface area contributed by atoms with Crippen molar-refractivity contribution in [3.63, 3.8) is 0 Å². The second kappa shape index (κ2) is 12.9.